The van der Waals surface area contributed by atoms with Crippen molar-refractivity contribution in [2.45, 2.75) is 12.1 Å². The SMILES string of the molecule is COC(=O)[C@]12COc3ccccc3[C@H]1N(C)O[C@H]2c1ccc(Cl)cc1. The fourth-order valence-electron chi connectivity index (χ4n) is 3.92. The summed E-state index contributed by atoms with van der Waals surface area (Å²) in [4.78, 5) is 19.1. The van der Waals surface area contributed by atoms with Gasteiger partial charge in [0.05, 0.1) is 13.2 Å². The van der Waals surface area contributed by atoms with Crippen LogP contribution in [0, 0.1) is 5.41 Å². The molecule has 2 aliphatic heterocycles. The number of carbonyl (C=O) groups excluding carboxylic acids is 1. The summed E-state index contributed by atoms with van der Waals surface area (Å²) in [5.74, 6) is 0.413. The van der Waals surface area contributed by atoms with Crippen LogP contribution in [0.25, 0.3) is 0 Å². The predicted molar refractivity (Wildman–Crippen MR) is 92.2 cm³/mol. The molecule has 0 unspecified atom stereocenters. The van der Waals surface area contributed by atoms with Crippen molar-refractivity contribution < 1.29 is 19.1 Å². The molecule has 0 aromatic heterocycles. The fourth-order valence-corrected chi connectivity index (χ4v) is 4.04. The lowest BCUT2D eigenvalue weighted by molar-refractivity contribution is -0.163. The van der Waals surface area contributed by atoms with Gasteiger partial charge in [0, 0.05) is 17.6 Å². The number of nitrogens with zero attached hydrogens (tertiary/aromatic N) is 1. The van der Waals surface area contributed by atoms with Crippen molar-refractivity contribution in [1.29, 1.82) is 0 Å². The molecule has 3 atom stereocenters. The van der Waals surface area contributed by atoms with Crippen molar-refractivity contribution in [2.24, 2.45) is 5.41 Å². The number of ether oxygens (including phenoxy) is 2. The maximum Gasteiger partial charge on any atom is 0.320 e. The summed E-state index contributed by atoms with van der Waals surface area (Å²) in [6.45, 7) is 0.180. The summed E-state index contributed by atoms with van der Waals surface area (Å²) in [5.41, 5.74) is 0.774. The molecule has 2 aromatic rings. The van der Waals surface area contributed by atoms with Crippen molar-refractivity contribution in [2.75, 3.05) is 20.8 Å². The molecule has 0 spiro atoms. The van der Waals surface area contributed by atoms with Crippen molar-refractivity contribution in [3.05, 3.63) is 64.7 Å². The molecule has 0 saturated carbocycles. The van der Waals surface area contributed by atoms with E-state index in [0.29, 0.717) is 5.02 Å². The smallest absolute Gasteiger partial charge is 0.320 e. The molecule has 6 heteroatoms. The van der Waals surface area contributed by atoms with Crippen LogP contribution in [0.3, 0.4) is 0 Å². The van der Waals surface area contributed by atoms with Gasteiger partial charge >= 0.3 is 5.97 Å². The van der Waals surface area contributed by atoms with Crippen LogP contribution < -0.4 is 4.74 Å². The second-order valence-electron chi connectivity index (χ2n) is 6.34. The van der Waals surface area contributed by atoms with Gasteiger partial charge in [0.15, 0.2) is 5.41 Å². The molecular weight excluding hydrogens is 342 g/mol. The van der Waals surface area contributed by atoms with E-state index in [1.807, 2.05) is 43.4 Å². The van der Waals surface area contributed by atoms with Gasteiger partial charge in [-0.1, -0.05) is 41.9 Å². The third kappa shape index (κ3) is 2.34. The average molecular weight is 360 g/mol. The molecule has 1 saturated heterocycles. The first kappa shape index (κ1) is 16.4. The van der Waals surface area contributed by atoms with Gasteiger partial charge < -0.3 is 9.47 Å². The first-order valence-electron chi connectivity index (χ1n) is 8.03. The summed E-state index contributed by atoms with van der Waals surface area (Å²) in [7, 11) is 3.23. The van der Waals surface area contributed by atoms with Gasteiger partial charge in [-0.05, 0) is 23.8 Å². The number of carbonyl (C=O) groups is 1. The molecule has 2 aromatic carbocycles. The van der Waals surface area contributed by atoms with Crippen LogP contribution in [0.5, 0.6) is 5.75 Å². The second-order valence-corrected chi connectivity index (χ2v) is 6.78. The van der Waals surface area contributed by atoms with Gasteiger partial charge in [0.2, 0.25) is 0 Å². The zero-order valence-corrected chi connectivity index (χ0v) is 14.7. The summed E-state index contributed by atoms with van der Waals surface area (Å²) < 4.78 is 11.1. The van der Waals surface area contributed by atoms with Gasteiger partial charge in [0.25, 0.3) is 0 Å². The number of benzene rings is 2. The Labute approximate surface area is 151 Å². The Kier molecular flexibility index (Phi) is 3.95. The Balaban J connectivity index is 1.88. The average Bonchev–Trinajstić information content (AvgIpc) is 2.96. The third-order valence-corrected chi connectivity index (χ3v) is 5.26. The van der Waals surface area contributed by atoms with Crippen LogP contribution in [-0.4, -0.2) is 31.8 Å². The van der Waals surface area contributed by atoms with E-state index in [9.17, 15) is 4.79 Å². The Morgan fingerprint density at radius 1 is 1.24 bits per heavy atom. The van der Waals surface area contributed by atoms with E-state index in [0.717, 1.165) is 16.9 Å². The highest BCUT2D eigenvalue weighted by molar-refractivity contribution is 6.30. The van der Waals surface area contributed by atoms with E-state index in [4.69, 9.17) is 25.9 Å². The van der Waals surface area contributed by atoms with E-state index in [1.54, 1.807) is 17.2 Å². The van der Waals surface area contributed by atoms with Gasteiger partial charge in [-0.15, -0.1) is 0 Å². The molecular formula is C19H18ClNO4. The van der Waals surface area contributed by atoms with Crippen LogP contribution in [0.4, 0.5) is 0 Å². The number of para-hydroxylation sites is 1. The molecule has 25 heavy (non-hydrogen) atoms. The lowest BCUT2D eigenvalue weighted by atomic mass is 9.70. The van der Waals surface area contributed by atoms with Crippen molar-refractivity contribution in [3.63, 3.8) is 0 Å². The molecule has 2 heterocycles. The topological polar surface area (TPSA) is 48.0 Å². The minimum Gasteiger partial charge on any atom is -0.492 e. The minimum absolute atomic E-state index is 0.180. The number of fused-ring (bicyclic) bond motifs is 3. The lowest BCUT2D eigenvalue weighted by Crippen LogP contribution is -2.48. The van der Waals surface area contributed by atoms with Gasteiger partial charge in [-0.3, -0.25) is 9.63 Å². The van der Waals surface area contributed by atoms with Crippen LogP contribution in [0.1, 0.15) is 23.3 Å². The predicted octanol–water partition coefficient (Wildman–Crippen LogP) is 3.55. The summed E-state index contributed by atoms with van der Waals surface area (Å²) in [5, 5.41) is 2.36. The molecule has 0 radical (unpaired) electrons. The third-order valence-electron chi connectivity index (χ3n) is 5.01. The summed E-state index contributed by atoms with van der Waals surface area (Å²) in [6.07, 6.45) is -0.527. The van der Waals surface area contributed by atoms with E-state index in [1.165, 1.54) is 7.11 Å². The molecule has 1 fully saturated rings. The summed E-state index contributed by atoms with van der Waals surface area (Å²) >= 11 is 6.01. The molecule has 0 bridgehead atoms. The van der Waals surface area contributed by atoms with E-state index in [2.05, 4.69) is 0 Å². The normalized spacial score (nSPS) is 28.0. The molecule has 0 N–H and O–H groups in total. The molecule has 0 amide bonds. The van der Waals surface area contributed by atoms with Gasteiger partial charge in [0.1, 0.15) is 18.5 Å². The van der Waals surface area contributed by atoms with Crippen LogP contribution in [0.2, 0.25) is 5.02 Å². The Morgan fingerprint density at radius 2 is 1.96 bits per heavy atom. The van der Waals surface area contributed by atoms with Crippen molar-refractivity contribution >= 4 is 17.6 Å². The minimum atomic E-state index is -0.994. The quantitative estimate of drug-likeness (QED) is 0.767. The lowest BCUT2D eigenvalue weighted by Gasteiger charge is -2.39. The number of halogens is 1. The number of hydrogen-bond donors (Lipinski definition) is 0. The van der Waals surface area contributed by atoms with Gasteiger partial charge in [-0.25, -0.2) is 0 Å². The highest BCUT2D eigenvalue weighted by atomic mass is 35.5. The maximum absolute atomic E-state index is 12.9. The Hall–Kier alpha value is -2.08. The second kappa shape index (κ2) is 6.02. The Morgan fingerprint density at radius 3 is 2.68 bits per heavy atom. The highest BCUT2D eigenvalue weighted by Crippen LogP contribution is 2.59. The molecule has 130 valence electrons. The number of hydroxylamine groups is 2. The van der Waals surface area contributed by atoms with Crippen LogP contribution in [0.15, 0.2) is 48.5 Å². The molecule has 5 nitrogen and oxygen atoms in total. The number of rotatable bonds is 2. The number of methoxy groups -OCH3 is 1. The van der Waals surface area contributed by atoms with Crippen molar-refractivity contribution in [1.82, 2.24) is 5.06 Å². The largest absolute Gasteiger partial charge is 0.492 e. The zero-order valence-electron chi connectivity index (χ0n) is 13.9. The van der Waals surface area contributed by atoms with Crippen LogP contribution >= 0.6 is 11.6 Å². The van der Waals surface area contributed by atoms with Gasteiger partial charge in [-0.2, -0.15) is 5.06 Å². The maximum atomic E-state index is 12.9. The first-order chi connectivity index (χ1) is 12.1. The number of esters is 1. The first-order valence-corrected chi connectivity index (χ1v) is 8.41. The molecule has 4 rings (SSSR count). The molecule has 2 aliphatic rings. The number of hydrogen-bond acceptors (Lipinski definition) is 5. The van der Waals surface area contributed by atoms with E-state index < -0.39 is 11.5 Å². The Bertz CT molecular complexity index is 809. The van der Waals surface area contributed by atoms with Crippen LogP contribution in [-0.2, 0) is 14.4 Å². The van der Waals surface area contributed by atoms with E-state index >= 15 is 0 Å². The fraction of sp³-hybridized carbons (Fsp3) is 0.316. The summed E-state index contributed by atoms with van der Waals surface area (Å²) in [6, 6.07) is 14.7. The highest BCUT2D eigenvalue weighted by Gasteiger charge is 2.64. The van der Waals surface area contributed by atoms with E-state index in [-0.39, 0.29) is 18.6 Å². The molecule has 0 aliphatic carbocycles. The monoisotopic (exact) mass is 359 g/mol. The zero-order chi connectivity index (χ0) is 17.6. The van der Waals surface area contributed by atoms with Crippen molar-refractivity contribution in [3.8, 4) is 5.75 Å². The standard InChI is InChI=1S/C19H18ClNO4/c1-21-16-14-5-3-4-6-15(14)24-11-19(16,18(22)23-2)17(25-21)12-7-9-13(20)10-8-12/h3-10,16-17H,11H2,1-2H3/t16-,17+,19-/m1/s1.